The molecule has 0 saturated heterocycles. The van der Waals surface area contributed by atoms with Crippen LogP contribution in [-0.2, 0) is 0 Å². The van der Waals surface area contributed by atoms with Gasteiger partial charge in [0.1, 0.15) is 11.5 Å². The first-order valence-corrected chi connectivity index (χ1v) is 10.1. The molecule has 0 aliphatic heterocycles. The summed E-state index contributed by atoms with van der Waals surface area (Å²) in [5.74, 6) is -0.0343. The molecule has 3 aromatic carbocycles. The average Bonchev–Trinajstić information content (AvgIpc) is 2.84. The predicted octanol–water partition coefficient (Wildman–Crippen LogP) is 4.37. The quantitative estimate of drug-likeness (QED) is 0.171. The molecular formula is C24H21N3O6. The number of hydrazone groups is 1. The van der Waals surface area contributed by atoms with Crippen molar-refractivity contribution in [2.24, 2.45) is 5.10 Å². The predicted molar refractivity (Wildman–Crippen MR) is 122 cm³/mol. The minimum Gasteiger partial charge on any atom is -0.494 e. The van der Waals surface area contributed by atoms with Crippen molar-refractivity contribution < 1.29 is 24.0 Å². The van der Waals surface area contributed by atoms with Gasteiger partial charge in [-0.2, -0.15) is 5.10 Å². The largest absolute Gasteiger partial charge is 0.494 e. The number of benzene rings is 3. The number of hydrogen-bond acceptors (Lipinski definition) is 7. The number of rotatable bonds is 9. The maximum Gasteiger partial charge on any atom is 0.343 e. The zero-order valence-corrected chi connectivity index (χ0v) is 17.8. The van der Waals surface area contributed by atoms with Gasteiger partial charge in [0, 0.05) is 17.7 Å². The van der Waals surface area contributed by atoms with Crippen LogP contribution in [0.3, 0.4) is 0 Å². The molecule has 0 bridgehead atoms. The van der Waals surface area contributed by atoms with E-state index >= 15 is 0 Å². The second kappa shape index (κ2) is 11.2. The molecule has 0 atom stereocenters. The molecule has 0 heterocycles. The third kappa shape index (κ3) is 6.73. The van der Waals surface area contributed by atoms with E-state index in [1.54, 1.807) is 48.5 Å². The fourth-order valence-corrected chi connectivity index (χ4v) is 2.69. The van der Waals surface area contributed by atoms with E-state index < -0.39 is 16.8 Å². The summed E-state index contributed by atoms with van der Waals surface area (Å²) in [5, 5.41) is 14.7. The normalized spacial score (nSPS) is 10.6. The van der Waals surface area contributed by atoms with E-state index in [2.05, 4.69) is 10.5 Å². The van der Waals surface area contributed by atoms with Gasteiger partial charge in [-0.25, -0.2) is 10.2 Å². The minimum absolute atomic E-state index is 0.119. The Bertz CT molecular complexity index is 1160. The Labute approximate surface area is 189 Å². The van der Waals surface area contributed by atoms with Crippen molar-refractivity contribution in [3.8, 4) is 11.5 Å². The lowest BCUT2D eigenvalue weighted by molar-refractivity contribution is -0.384. The Morgan fingerprint density at radius 1 is 1.00 bits per heavy atom. The van der Waals surface area contributed by atoms with E-state index in [9.17, 15) is 19.7 Å². The number of esters is 1. The summed E-state index contributed by atoms with van der Waals surface area (Å²) in [6, 6.07) is 18.6. The molecule has 33 heavy (non-hydrogen) atoms. The highest BCUT2D eigenvalue weighted by atomic mass is 16.6. The molecule has 0 aliphatic rings. The molecular weight excluding hydrogens is 426 g/mol. The summed E-state index contributed by atoms with van der Waals surface area (Å²) in [6.07, 6.45) is 2.30. The minimum atomic E-state index is -0.578. The second-order valence-corrected chi connectivity index (χ2v) is 6.84. The van der Waals surface area contributed by atoms with Crippen molar-refractivity contribution >= 4 is 23.8 Å². The van der Waals surface area contributed by atoms with Crippen molar-refractivity contribution in [1.29, 1.82) is 0 Å². The van der Waals surface area contributed by atoms with Crippen LogP contribution in [0.2, 0.25) is 0 Å². The third-order valence-corrected chi connectivity index (χ3v) is 4.35. The van der Waals surface area contributed by atoms with Crippen LogP contribution in [0.25, 0.3) is 0 Å². The number of amides is 1. The Hall–Kier alpha value is -4.53. The lowest BCUT2D eigenvalue weighted by Crippen LogP contribution is -2.17. The van der Waals surface area contributed by atoms with E-state index in [1.165, 1.54) is 30.5 Å². The average molecular weight is 447 g/mol. The summed E-state index contributed by atoms with van der Waals surface area (Å²) in [7, 11) is 0. The van der Waals surface area contributed by atoms with Crippen LogP contribution in [-0.4, -0.2) is 29.6 Å². The Balaban J connectivity index is 1.54. The Kier molecular flexibility index (Phi) is 7.85. The lowest BCUT2D eigenvalue weighted by Gasteiger charge is -2.07. The molecule has 3 aromatic rings. The Morgan fingerprint density at radius 3 is 2.36 bits per heavy atom. The Morgan fingerprint density at radius 2 is 1.70 bits per heavy atom. The van der Waals surface area contributed by atoms with E-state index in [-0.39, 0.29) is 11.3 Å². The van der Waals surface area contributed by atoms with E-state index in [4.69, 9.17) is 9.47 Å². The molecule has 0 fully saturated rings. The summed E-state index contributed by atoms with van der Waals surface area (Å²) >= 11 is 0. The summed E-state index contributed by atoms with van der Waals surface area (Å²) in [6.45, 7) is 2.62. The van der Waals surface area contributed by atoms with Crippen LogP contribution in [0.15, 0.2) is 77.9 Å². The summed E-state index contributed by atoms with van der Waals surface area (Å²) in [4.78, 5) is 34.6. The fraction of sp³-hybridized carbons (Fsp3) is 0.125. The van der Waals surface area contributed by atoms with Gasteiger partial charge in [-0.05, 0) is 66.6 Å². The molecule has 0 spiro atoms. The first kappa shape index (κ1) is 23.1. The lowest BCUT2D eigenvalue weighted by atomic mass is 10.2. The van der Waals surface area contributed by atoms with Crippen LogP contribution in [0, 0.1) is 10.1 Å². The van der Waals surface area contributed by atoms with E-state index in [0.717, 1.165) is 6.42 Å². The zero-order valence-electron chi connectivity index (χ0n) is 17.8. The van der Waals surface area contributed by atoms with Gasteiger partial charge in [0.2, 0.25) is 0 Å². The molecule has 1 amide bonds. The molecule has 9 heteroatoms. The number of nitro groups is 1. The van der Waals surface area contributed by atoms with Crippen molar-refractivity contribution in [2.45, 2.75) is 13.3 Å². The van der Waals surface area contributed by atoms with Gasteiger partial charge in [0.25, 0.3) is 11.6 Å². The number of nitro benzene ring substituents is 1. The number of ether oxygens (including phenoxy) is 2. The van der Waals surface area contributed by atoms with Crippen molar-refractivity contribution in [2.75, 3.05) is 6.61 Å². The van der Waals surface area contributed by atoms with Crippen LogP contribution in [0.4, 0.5) is 5.69 Å². The molecule has 0 aromatic heterocycles. The van der Waals surface area contributed by atoms with Crippen LogP contribution in [0.5, 0.6) is 11.5 Å². The second-order valence-electron chi connectivity index (χ2n) is 6.84. The highest BCUT2D eigenvalue weighted by Gasteiger charge is 2.11. The number of nitrogens with one attached hydrogen (secondary N) is 1. The van der Waals surface area contributed by atoms with Gasteiger partial charge >= 0.3 is 5.97 Å². The number of carbonyl (C=O) groups is 2. The van der Waals surface area contributed by atoms with Gasteiger partial charge in [0.05, 0.1) is 23.3 Å². The highest BCUT2D eigenvalue weighted by molar-refractivity contribution is 5.95. The number of hydrogen-bond donors (Lipinski definition) is 1. The first-order valence-electron chi connectivity index (χ1n) is 10.1. The summed E-state index contributed by atoms with van der Waals surface area (Å²) < 4.78 is 10.8. The third-order valence-electron chi connectivity index (χ3n) is 4.35. The highest BCUT2D eigenvalue weighted by Crippen LogP contribution is 2.17. The maximum atomic E-state index is 12.3. The van der Waals surface area contributed by atoms with Crippen molar-refractivity contribution in [1.82, 2.24) is 5.43 Å². The molecule has 0 saturated carbocycles. The number of carbonyl (C=O) groups excluding carboxylic acids is 2. The molecule has 1 N–H and O–H groups in total. The standard InChI is InChI=1S/C24H21N3O6/c1-2-14-32-21-12-8-18(9-13-21)24(29)33-22-10-6-17(7-11-22)16-25-26-23(28)19-4-3-5-20(15-19)27(30)31/h3-13,15-16H,2,14H2,1H3,(H,26,28)/b25-16+. The van der Waals surface area contributed by atoms with Crippen LogP contribution in [0.1, 0.15) is 39.6 Å². The van der Waals surface area contributed by atoms with Gasteiger partial charge in [0.15, 0.2) is 0 Å². The molecule has 0 radical (unpaired) electrons. The van der Waals surface area contributed by atoms with E-state index in [0.29, 0.717) is 29.2 Å². The topological polar surface area (TPSA) is 120 Å². The molecule has 3 rings (SSSR count). The number of non-ortho nitro benzene ring substituents is 1. The molecule has 0 aliphatic carbocycles. The van der Waals surface area contributed by atoms with Gasteiger partial charge < -0.3 is 9.47 Å². The van der Waals surface area contributed by atoms with E-state index in [1.807, 2.05) is 6.92 Å². The maximum absolute atomic E-state index is 12.3. The fourth-order valence-electron chi connectivity index (χ4n) is 2.69. The molecule has 0 unspecified atom stereocenters. The van der Waals surface area contributed by atoms with Crippen LogP contribution >= 0.6 is 0 Å². The molecule has 168 valence electrons. The van der Waals surface area contributed by atoms with Gasteiger partial charge in [-0.15, -0.1) is 0 Å². The monoisotopic (exact) mass is 447 g/mol. The van der Waals surface area contributed by atoms with Crippen molar-refractivity contribution in [3.63, 3.8) is 0 Å². The zero-order chi connectivity index (χ0) is 23.6. The van der Waals surface area contributed by atoms with Gasteiger partial charge in [-0.3, -0.25) is 14.9 Å². The van der Waals surface area contributed by atoms with Crippen molar-refractivity contribution in [3.05, 3.63) is 99.6 Å². The smallest absolute Gasteiger partial charge is 0.343 e. The number of nitrogens with zero attached hydrogens (tertiary/aromatic N) is 2. The molecule has 9 nitrogen and oxygen atoms in total. The first-order chi connectivity index (χ1) is 16.0. The summed E-state index contributed by atoms with van der Waals surface area (Å²) in [5.41, 5.74) is 3.29. The van der Waals surface area contributed by atoms with Gasteiger partial charge in [-0.1, -0.05) is 13.0 Å². The van der Waals surface area contributed by atoms with Crippen LogP contribution < -0.4 is 14.9 Å². The SMILES string of the molecule is CCCOc1ccc(C(=O)Oc2ccc(/C=N/NC(=O)c3cccc([N+](=O)[O-])c3)cc2)cc1.